The van der Waals surface area contributed by atoms with Gasteiger partial charge in [-0.1, -0.05) is 141 Å². The van der Waals surface area contributed by atoms with Crippen molar-refractivity contribution in [1.82, 2.24) is 0 Å². The molecule has 2 unspecified atom stereocenters. The van der Waals surface area contributed by atoms with Gasteiger partial charge in [-0.05, 0) is 126 Å². The second kappa shape index (κ2) is 15.6. The number of fused-ring (bicyclic) bond motifs is 2. The molecule has 0 heterocycles. The quantitative estimate of drug-likeness (QED) is 0.183. The molecule has 3 aromatic carbocycles. The maximum Gasteiger partial charge on any atom is 0.0284 e. The van der Waals surface area contributed by atoms with Crippen LogP contribution in [0.2, 0.25) is 0 Å². The van der Waals surface area contributed by atoms with E-state index in [0.29, 0.717) is 11.8 Å². The maximum atomic E-state index is 5.99. The van der Waals surface area contributed by atoms with Crippen LogP contribution in [0.4, 0.5) is 0 Å². The van der Waals surface area contributed by atoms with Gasteiger partial charge in [-0.2, -0.15) is 0 Å². The average Bonchev–Trinajstić information content (AvgIpc) is 3.30. The van der Waals surface area contributed by atoms with Crippen molar-refractivity contribution in [3.05, 3.63) is 183 Å². The lowest BCUT2D eigenvalue weighted by Gasteiger charge is -2.25. The van der Waals surface area contributed by atoms with Crippen LogP contribution < -0.4 is 0 Å². The molecule has 0 N–H and O–H groups in total. The van der Waals surface area contributed by atoms with Crippen molar-refractivity contribution < 1.29 is 1.43 Å². The molecule has 238 valence electrons. The molecule has 0 saturated heterocycles. The van der Waals surface area contributed by atoms with Gasteiger partial charge in [-0.3, -0.25) is 0 Å². The average molecular weight is 615 g/mol. The van der Waals surface area contributed by atoms with E-state index in [4.69, 9.17) is 6.42 Å². The van der Waals surface area contributed by atoms with E-state index in [1.165, 1.54) is 55.7 Å². The lowest BCUT2D eigenvalue weighted by molar-refractivity contribution is 0.782. The third-order valence-electron chi connectivity index (χ3n) is 9.51. The Bertz CT molecular complexity index is 1890. The van der Waals surface area contributed by atoms with E-state index >= 15 is 0 Å². The van der Waals surface area contributed by atoms with Crippen molar-refractivity contribution in [2.75, 3.05) is 0 Å². The molecule has 3 aromatic rings. The first-order valence-corrected chi connectivity index (χ1v) is 17.1. The van der Waals surface area contributed by atoms with E-state index < -0.39 is 0 Å². The van der Waals surface area contributed by atoms with Crippen LogP contribution in [0.1, 0.15) is 91.9 Å². The zero-order valence-electron chi connectivity index (χ0n) is 28.8. The summed E-state index contributed by atoms with van der Waals surface area (Å²) < 4.78 is 0. The van der Waals surface area contributed by atoms with Crippen LogP contribution >= 0.6 is 0 Å². The minimum absolute atomic E-state index is 0. The van der Waals surface area contributed by atoms with Gasteiger partial charge in [-0.15, -0.1) is 6.42 Å². The van der Waals surface area contributed by atoms with Crippen molar-refractivity contribution in [3.63, 3.8) is 0 Å². The van der Waals surface area contributed by atoms with E-state index in [1.54, 1.807) is 0 Å². The lowest BCUT2D eigenvalue weighted by Crippen LogP contribution is -2.09. The lowest BCUT2D eigenvalue weighted by atomic mass is 9.79. The zero-order chi connectivity index (χ0) is 33.3. The molecule has 47 heavy (non-hydrogen) atoms. The maximum absolute atomic E-state index is 5.99. The molecule has 3 aliphatic rings. The first-order chi connectivity index (χ1) is 22.8. The molecule has 0 spiro atoms. The Kier molecular flexibility index (Phi) is 11.1. The Balaban J connectivity index is 0.000000578. The van der Waals surface area contributed by atoms with E-state index in [0.717, 1.165) is 42.4 Å². The van der Waals surface area contributed by atoms with Gasteiger partial charge in [0.25, 0.3) is 0 Å². The minimum atomic E-state index is 0. The highest BCUT2D eigenvalue weighted by Crippen LogP contribution is 2.43. The van der Waals surface area contributed by atoms with E-state index in [-0.39, 0.29) is 1.43 Å². The van der Waals surface area contributed by atoms with Crippen LogP contribution in [-0.4, -0.2) is 0 Å². The molecule has 2 atom stereocenters. The third kappa shape index (κ3) is 7.93. The van der Waals surface area contributed by atoms with Gasteiger partial charge in [0.2, 0.25) is 0 Å². The Morgan fingerprint density at radius 2 is 1.85 bits per heavy atom. The van der Waals surface area contributed by atoms with Crippen LogP contribution in [0.15, 0.2) is 139 Å². The summed E-state index contributed by atoms with van der Waals surface area (Å²) in [5.74, 6) is 3.77. The zero-order valence-corrected chi connectivity index (χ0v) is 28.8. The molecule has 0 saturated carbocycles. The first kappa shape index (κ1) is 33.5. The number of terminal acetylenes is 1. The summed E-state index contributed by atoms with van der Waals surface area (Å²) in [6.45, 7) is 15.4. The molecule has 6 rings (SSSR count). The topological polar surface area (TPSA) is 0 Å². The van der Waals surface area contributed by atoms with Crippen LogP contribution in [-0.2, 0) is 6.42 Å². The summed E-state index contributed by atoms with van der Waals surface area (Å²) in [6.07, 6.45) is 32.5. The van der Waals surface area contributed by atoms with Gasteiger partial charge in [-0.25, -0.2) is 0 Å². The largest absolute Gasteiger partial charge is 0.115 e. The Labute approximate surface area is 285 Å². The van der Waals surface area contributed by atoms with Gasteiger partial charge < -0.3 is 0 Å². The normalized spacial score (nSPS) is 18.2. The fraction of sp³-hybridized carbons (Fsp3) is 0.234. The predicted octanol–water partition coefficient (Wildman–Crippen LogP) is 12.7. The molecular formula is C47H50. The van der Waals surface area contributed by atoms with Crippen LogP contribution in [0.3, 0.4) is 0 Å². The second-order valence-corrected chi connectivity index (χ2v) is 12.8. The second-order valence-electron chi connectivity index (χ2n) is 12.8. The number of benzene rings is 3. The highest BCUT2D eigenvalue weighted by atomic mass is 14.3. The molecule has 0 fully saturated rings. The fourth-order valence-electron chi connectivity index (χ4n) is 6.71. The molecule has 3 aliphatic carbocycles. The van der Waals surface area contributed by atoms with Crippen LogP contribution in [0.5, 0.6) is 0 Å². The summed E-state index contributed by atoms with van der Waals surface area (Å²) in [7, 11) is 0. The van der Waals surface area contributed by atoms with E-state index in [9.17, 15) is 0 Å². The van der Waals surface area contributed by atoms with Crippen molar-refractivity contribution >= 4 is 17.2 Å². The van der Waals surface area contributed by atoms with Crippen molar-refractivity contribution in [3.8, 4) is 12.3 Å². The Morgan fingerprint density at radius 3 is 2.55 bits per heavy atom. The first-order valence-electron chi connectivity index (χ1n) is 17.1. The number of hydrogen-bond acceptors (Lipinski definition) is 0. The van der Waals surface area contributed by atoms with Gasteiger partial charge in [0.15, 0.2) is 0 Å². The number of hydrogen-bond donors (Lipinski definition) is 0. The molecule has 0 heteroatoms. The van der Waals surface area contributed by atoms with E-state index in [1.807, 2.05) is 18.2 Å². The molecular weight excluding hydrogens is 565 g/mol. The van der Waals surface area contributed by atoms with Gasteiger partial charge in [0.1, 0.15) is 0 Å². The Hall–Kier alpha value is -4.86. The van der Waals surface area contributed by atoms with Gasteiger partial charge in [0, 0.05) is 12.9 Å². The molecule has 0 nitrogen and oxygen atoms in total. The monoisotopic (exact) mass is 614 g/mol. The predicted molar refractivity (Wildman–Crippen MR) is 208 cm³/mol. The minimum Gasteiger partial charge on any atom is -0.115 e. The smallest absolute Gasteiger partial charge is 0.0284 e. The summed E-state index contributed by atoms with van der Waals surface area (Å²) in [5.41, 5.74) is 16.5. The number of allylic oxidation sites excluding steroid dienone is 14. The molecule has 0 amide bonds. The number of rotatable bonds is 7. The SMILES string of the molecule is C#Cc1cc(C(=C)C2=CCC=C3C(c4cc5c(cc4C)C(C)C=C5)=CC=CC3C2)ccc1CC(=C/C)/C=C/CC.Cc1ccccc1.[HH]. The summed E-state index contributed by atoms with van der Waals surface area (Å²) in [4.78, 5) is 0. The molecule has 0 aliphatic heterocycles. The highest BCUT2D eigenvalue weighted by molar-refractivity contribution is 5.87. The molecule has 0 aromatic heterocycles. The van der Waals surface area contributed by atoms with Crippen molar-refractivity contribution in [2.24, 2.45) is 5.92 Å². The van der Waals surface area contributed by atoms with Crippen molar-refractivity contribution in [1.29, 1.82) is 0 Å². The highest BCUT2D eigenvalue weighted by Gasteiger charge is 2.25. The summed E-state index contributed by atoms with van der Waals surface area (Å²) in [6, 6.07) is 21.6. The third-order valence-corrected chi connectivity index (χ3v) is 9.51. The number of aryl methyl sites for hydroxylation is 2. The van der Waals surface area contributed by atoms with Crippen LogP contribution in [0.25, 0.3) is 17.2 Å². The molecule has 0 radical (unpaired) electrons. The van der Waals surface area contributed by atoms with Gasteiger partial charge >= 0.3 is 0 Å². The van der Waals surface area contributed by atoms with Crippen molar-refractivity contribution in [2.45, 2.75) is 66.2 Å². The van der Waals surface area contributed by atoms with Crippen LogP contribution in [0, 0.1) is 32.1 Å². The summed E-state index contributed by atoms with van der Waals surface area (Å²) >= 11 is 0. The molecule has 0 bridgehead atoms. The summed E-state index contributed by atoms with van der Waals surface area (Å²) in [5, 5.41) is 0. The fourth-order valence-corrected chi connectivity index (χ4v) is 6.71. The Morgan fingerprint density at radius 1 is 1.04 bits per heavy atom. The van der Waals surface area contributed by atoms with Gasteiger partial charge in [0.05, 0.1) is 0 Å². The standard InChI is InChI=1S/C40H40.C7H8.H2/c1-7-10-13-30(8-2)23-34-21-20-33(24-31(34)9-3)29(6)32-14-11-16-37-35(25-32)15-12-17-38(37)40-26-36-19-18-27(4)39(36)22-28(40)5;1-7-5-3-2-4-6-7;/h3,8,10,12-22,24,26-27,35H,6-7,11,23,25H2,1-2,4-5H3;2-6H,1H3;1H/b13-10+,30-8+;;. The van der Waals surface area contributed by atoms with E-state index in [2.05, 4.69) is 150 Å².